The van der Waals surface area contributed by atoms with Crippen LogP contribution in [0.5, 0.6) is 0 Å². The van der Waals surface area contributed by atoms with Crippen molar-refractivity contribution in [2.75, 3.05) is 12.3 Å². The molecule has 2 aromatic rings. The summed E-state index contributed by atoms with van der Waals surface area (Å²) in [6, 6.07) is 0. The number of hydrogen-bond donors (Lipinski definition) is 5. The highest BCUT2D eigenvalue weighted by Crippen LogP contribution is 2.80. The molecule has 2 aromatic heterocycles. The van der Waals surface area contributed by atoms with Gasteiger partial charge in [-0.05, 0) is 0 Å². The van der Waals surface area contributed by atoms with Crippen LogP contribution >= 0.6 is 23.5 Å². The van der Waals surface area contributed by atoms with Crippen LogP contribution in [0.3, 0.4) is 0 Å². The number of rotatable bonds is 4. The second kappa shape index (κ2) is 7.38. The Hall–Kier alpha value is -1.32. The molecule has 0 bridgehead atoms. The fourth-order valence-corrected chi connectivity index (χ4v) is 7.73. The molecule has 0 radical (unpaired) electrons. The summed E-state index contributed by atoms with van der Waals surface area (Å²) in [6.45, 7) is -0.838. The zero-order valence-electron chi connectivity index (χ0n) is 14.4. The number of hydrogen-bond acceptors (Lipinski definition) is 14. The zero-order chi connectivity index (χ0) is 21.9. The third-order valence-electron chi connectivity index (χ3n) is 4.01. The van der Waals surface area contributed by atoms with Gasteiger partial charge in [-0.1, -0.05) is 0 Å². The van der Waals surface area contributed by atoms with E-state index in [4.69, 9.17) is 15.0 Å². The molecule has 0 saturated carbocycles. The van der Waals surface area contributed by atoms with E-state index in [9.17, 15) is 33.7 Å². The Morgan fingerprint density at radius 3 is 2.40 bits per heavy atom. The van der Waals surface area contributed by atoms with Crippen molar-refractivity contribution in [1.82, 2.24) is 19.5 Å². The number of nitrogen functional groups attached to an aromatic ring is 1. The number of nitrogens with zero attached hydrogens (tertiary/aromatic N) is 4. The van der Waals surface area contributed by atoms with Gasteiger partial charge in [0.1, 0.15) is 30.2 Å². The van der Waals surface area contributed by atoms with Gasteiger partial charge in [-0.2, -0.15) is 12.9 Å². The Bertz CT molecular complexity index is 1100. The van der Waals surface area contributed by atoms with Gasteiger partial charge in [0.15, 0.2) is 17.7 Å². The summed E-state index contributed by atoms with van der Waals surface area (Å²) in [5.74, 6) is 0.0699. The van der Waals surface area contributed by atoms with Crippen LogP contribution in [-0.4, -0.2) is 64.4 Å². The van der Waals surface area contributed by atoms with Crippen LogP contribution in [0.1, 0.15) is 6.23 Å². The first-order valence-corrected chi connectivity index (χ1v) is 12.3. The predicted molar refractivity (Wildman–Crippen MR) is 92.1 cm³/mol. The maximum absolute atomic E-state index is 12.3. The minimum absolute atomic E-state index is 0.0699. The molecule has 0 amide bonds. The smallest absolute Gasteiger partial charge is 0.387 e. The van der Waals surface area contributed by atoms with Gasteiger partial charge in [0.2, 0.25) is 0 Å². The largest absolute Gasteiger partial charge is 0.492 e. The van der Waals surface area contributed by atoms with Crippen molar-refractivity contribution < 1.29 is 55.9 Å². The molecule has 3 unspecified atom stereocenters. The van der Waals surface area contributed by atoms with Gasteiger partial charge >= 0.3 is 23.5 Å². The summed E-state index contributed by atoms with van der Waals surface area (Å²) in [7, 11) is -15.5. The number of aliphatic hydroxyl groups excluding tert-OH is 2. The van der Waals surface area contributed by atoms with Crippen LogP contribution in [0, 0.1) is 0 Å². The molecular weight excluding hydrogens is 475 g/mol. The standard InChI is InChI=1S/C10H14N5O12P3/c11-8-5-9(13-2-12-8)15(3-14-5)10-7(17)6(16)4(24-10)1-23-30(22)26-28(18,19)25-29(20,21)27-30/h2-4,6-7,10,16-17H,1H2,(H,18,19)(H,20,21)(H2,11,12,13)/t4-,6?,7+,10-/m1/s1. The normalized spacial score (nSPS) is 42.0. The van der Waals surface area contributed by atoms with E-state index in [-0.39, 0.29) is 17.0 Å². The van der Waals surface area contributed by atoms with Crippen LogP contribution in [0.2, 0.25) is 0 Å². The summed E-state index contributed by atoms with van der Waals surface area (Å²) < 4.78 is 58.6. The highest BCUT2D eigenvalue weighted by Gasteiger charge is 2.55. The molecule has 30 heavy (non-hydrogen) atoms. The summed E-state index contributed by atoms with van der Waals surface area (Å²) in [6.07, 6.45) is -3.38. The summed E-state index contributed by atoms with van der Waals surface area (Å²) >= 11 is 0. The molecule has 4 heterocycles. The number of anilines is 1. The predicted octanol–water partition coefficient (Wildman–Crippen LogP) is -0.583. The molecule has 2 aliphatic rings. The van der Waals surface area contributed by atoms with Crippen molar-refractivity contribution in [2.45, 2.75) is 24.5 Å². The van der Waals surface area contributed by atoms with Crippen LogP contribution in [-0.2, 0) is 35.9 Å². The maximum Gasteiger partial charge on any atom is 0.492 e. The first-order chi connectivity index (χ1) is 13.9. The monoisotopic (exact) mass is 489 g/mol. The molecule has 0 aromatic carbocycles. The van der Waals surface area contributed by atoms with Crippen molar-refractivity contribution in [3.05, 3.63) is 12.7 Å². The second-order valence-corrected chi connectivity index (χ2v) is 11.0. The number of ether oxygens (including phenoxy) is 1. The van der Waals surface area contributed by atoms with Crippen molar-refractivity contribution in [3.63, 3.8) is 0 Å². The van der Waals surface area contributed by atoms with Gasteiger partial charge in [0.05, 0.1) is 12.9 Å². The van der Waals surface area contributed by atoms with E-state index in [0.29, 0.717) is 0 Å². The van der Waals surface area contributed by atoms with E-state index in [0.717, 1.165) is 6.33 Å². The molecular formula is C10H14N5O12P3. The summed E-state index contributed by atoms with van der Waals surface area (Å²) in [5, 5.41) is 20.5. The average Bonchev–Trinajstić information content (AvgIpc) is 3.13. The minimum Gasteiger partial charge on any atom is -0.387 e. The lowest BCUT2D eigenvalue weighted by Crippen LogP contribution is -2.33. The summed E-state index contributed by atoms with van der Waals surface area (Å²) in [5.41, 5.74) is 6.09. The fourth-order valence-electron chi connectivity index (χ4n) is 2.79. The average molecular weight is 489 g/mol. The topological polar surface area (TPSA) is 248 Å². The molecule has 4 rings (SSSR count). The number of phosphoric acid groups is 3. The molecule has 2 fully saturated rings. The third kappa shape index (κ3) is 4.08. The zero-order valence-corrected chi connectivity index (χ0v) is 17.1. The number of aromatic nitrogens is 4. The lowest BCUT2D eigenvalue weighted by molar-refractivity contribution is -0.0506. The second-order valence-electron chi connectivity index (χ2n) is 6.05. The van der Waals surface area contributed by atoms with Crippen molar-refractivity contribution in [1.29, 1.82) is 0 Å². The van der Waals surface area contributed by atoms with Crippen LogP contribution in [0.25, 0.3) is 11.2 Å². The van der Waals surface area contributed by atoms with Crippen molar-refractivity contribution in [3.8, 4) is 0 Å². The quantitative estimate of drug-likeness (QED) is 0.337. The molecule has 20 heteroatoms. The first kappa shape index (κ1) is 21.9. The Labute approximate surface area is 166 Å². The van der Waals surface area contributed by atoms with Crippen LogP contribution < -0.4 is 5.73 Å². The Morgan fingerprint density at radius 2 is 1.73 bits per heavy atom. The molecule has 0 spiro atoms. The van der Waals surface area contributed by atoms with E-state index < -0.39 is 54.6 Å². The molecule has 6 N–H and O–H groups in total. The lowest BCUT2D eigenvalue weighted by atomic mass is 10.1. The number of fused-ring (bicyclic) bond motifs is 1. The Kier molecular flexibility index (Phi) is 5.38. The van der Waals surface area contributed by atoms with Crippen molar-refractivity contribution in [2.24, 2.45) is 0 Å². The highest BCUT2D eigenvalue weighted by atomic mass is 31.3. The highest BCUT2D eigenvalue weighted by molar-refractivity contribution is 7.74. The fraction of sp³-hybridized carbons (Fsp3) is 0.500. The van der Waals surface area contributed by atoms with E-state index in [2.05, 4.69) is 27.9 Å². The molecule has 166 valence electrons. The number of aliphatic hydroxyl groups is 2. The van der Waals surface area contributed by atoms with E-state index in [1.807, 2.05) is 0 Å². The first-order valence-electron chi connectivity index (χ1n) is 7.88. The molecule has 2 saturated heterocycles. The Morgan fingerprint density at radius 1 is 1.07 bits per heavy atom. The van der Waals surface area contributed by atoms with Gasteiger partial charge in [-0.15, -0.1) is 0 Å². The van der Waals surface area contributed by atoms with Crippen LogP contribution in [0.15, 0.2) is 12.7 Å². The van der Waals surface area contributed by atoms with E-state index >= 15 is 0 Å². The molecule has 0 aliphatic carbocycles. The third-order valence-corrected chi connectivity index (χ3v) is 9.38. The van der Waals surface area contributed by atoms with Crippen LogP contribution in [0.4, 0.5) is 5.82 Å². The lowest BCUT2D eigenvalue weighted by Gasteiger charge is -2.27. The minimum atomic E-state index is -5.22. The van der Waals surface area contributed by atoms with Gasteiger partial charge < -0.3 is 30.5 Å². The van der Waals surface area contributed by atoms with E-state index in [1.165, 1.54) is 10.9 Å². The van der Waals surface area contributed by atoms with E-state index in [1.54, 1.807) is 0 Å². The van der Waals surface area contributed by atoms with Gasteiger partial charge in [0, 0.05) is 0 Å². The molecule has 17 nitrogen and oxygen atoms in total. The maximum atomic E-state index is 12.3. The van der Waals surface area contributed by atoms with Gasteiger partial charge in [0.25, 0.3) is 0 Å². The molecule has 2 aliphatic heterocycles. The van der Waals surface area contributed by atoms with Crippen molar-refractivity contribution >= 4 is 40.4 Å². The number of nitrogens with two attached hydrogens (primary N) is 1. The Balaban J connectivity index is 1.51. The summed E-state index contributed by atoms with van der Waals surface area (Å²) in [4.78, 5) is 30.2. The molecule has 6 atom stereocenters. The van der Waals surface area contributed by atoms with Gasteiger partial charge in [-0.3, -0.25) is 9.09 Å². The SMILES string of the molecule is Nc1ncnc2c1ncn2[C@@H]1O[C@H](COP2(=O)OP(=O)(O)OP(=O)(O)O2)C(O)[C@@H]1O. The number of imidazole rings is 1. The van der Waals surface area contributed by atoms with Gasteiger partial charge in [-0.25, -0.2) is 28.6 Å².